The lowest BCUT2D eigenvalue weighted by atomic mass is 10.2. The summed E-state index contributed by atoms with van der Waals surface area (Å²) in [5, 5.41) is 5.15. The molecule has 0 spiro atoms. The summed E-state index contributed by atoms with van der Waals surface area (Å²) in [6.45, 7) is 0.684. The highest BCUT2D eigenvalue weighted by Gasteiger charge is 2.14. The van der Waals surface area contributed by atoms with Crippen LogP contribution in [0.5, 0.6) is 11.5 Å². The average molecular weight is 296 g/mol. The zero-order chi connectivity index (χ0) is 13.2. The van der Waals surface area contributed by atoms with Gasteiger partial charge >= 0.3 is 0 Å². The second-order valence-corrected chi connectivity index (χ2v) is 5.35. The molecular formula is C13H10ClNO3S. The van der Waals surface area contributed by atoms with Crippen LogP contribution in [0.1, 0.15) is 15.2 Å². The Bertz CT molecular complexity index is 626. The van der Waals surface area contributed by atoms with Gasteiger partial charge in [0.1, 0.15) is 0 Å². The lowest BCUT2D eigenvalue weighted by Gasteiger charge is -2.04. The molecule has 1 aliphatic rings. The minimum atomic E-state index is -0.130. The van der Waals surface area contributed by atoms with Crippen molar-refractivity contribution in [2.24, 2.45) is 0 Å². The van der Waals surface area contributed by atoms with Crippen LogP contribution in [0.25, 0.3) is 0 Å². The van der Waals surface area contributed by atoms with Crippen LogP contribution in [0.4, 0.5) is 0 Å². The molecule has 2 heterocycles. The average Bonchev–Trinajstić information content (AvgIpc) is 3.03. The van der Waals surface area contributed by atoms with Gasteiger partial charge in [0.15, 0.2) is 11.5 Å². The van der Waals surface area contributed by atoms with Crippen molar-refractivity contribution in [3.63, 3.8) is 0 Å². The third-order valence-corrected chi connectivity index (χ3v) is 3.96. The van der Waals surface area contributed by atoms with E-state index in [0.29, 0.717) is 22.2 Å². The molecule has 1 aromatic carbocycles. The highest BCUT2D eigenvalue weighted by Crippen LogP contribution is 2.32. The third-order valence-electron chi connectivity index (χ3n) is 2.68. The lowest BCUT2D eigenvalue weighted by molar-refractivity contribution is 0.0955. The summed E-state index contributed by atoms with van der Waals surface area (Å²) in [5.41, 5.74) is 0.959. The first-order chi connectivity index (χ1) is 9.22. The van der Waals surface area contributed by atoms with E-state index in [-0.39, 0.29) is 12.7 Å². The highest BCUT2D eigenvalue weighted by molar-refractivity contribution is 7.12. The molecule has 6 heteroatoms. The highest BCUT2D eigenvalue weighted by atomic mass is 35.5. The van der Waals surface area contributed by atoms with E-state index < -0.39 is 0 Å². The third kappa shape index (κ3) is 2.67. The molecule has 0 atom stereocenters. The molecular weight excluding hydrogens is 286 g/mol. The fourth-order valence-corrected chi connectivity index (χ4v) is 2.74. The fourth-order valence-electron chi connectivity index (χ4n) is 1.75. The number of rotatable bonds is 3. The van der Waals surface area contributed by atoms with Gasteiger partial charge < -0.3 is 14.8 Å². The number of carbonyl (C=O) groups excluding carboxylic acids is 1. The topological polar surface area (TPSA) is 47.6 Å². The van der Waals surface area contributed by atoms with E-state index in [1.807, 2.05) is 18.2 Å². The maximum absolute atomic E-state index is 11.8. The molecule has 0 fully saturated rings. The number of nitrogens with one attached hydrogen (secondary N) is 1. The number of amides is 1. The van der Waals surface area contributed by atoms with Crippen LogP contribution in [-0.4, -0.2) is 12.7 Å². The van der Waals surface area contributed by atoms with E-state index in [1.165, 1.54) is 11.3 Å². The first-order valence-corrected chi connectivity index (χ1v) is 6.89. The molecule has 1 N–H and O–H groups in total. The molecule has 2 aromatic rings. The maximum Gasteiger partial charge on any atom is 0.261 e. The Morgan fingerprint density at radius 1 is 1.32 bits per heavy atom. The van der Waals surface area contributed by atoms with Gasteiger partial charge in [0.05, 0.1) is 9.90 Å². The van der Waals surface area contributed by atoms with E-state index >= 15 is 0 Å². The SMILES string of the molecule is O=C(NCc1ccc2c(c1)OCO2)c1cc(Cl)cs1. The van der Waals surface area contributed by atoms with Crippen LogP contribution in [0.2, 0.25) is 5.02 Å². The van der Waals surface area contributed by atoms with Crippen molar-refractivity contribution in [2.75, 3.05) is 6.79 Å². The van der Waals surface area contributed by atoms with E-state index in [1.54, 1.807) is 11.4 Å². The largest absolute Gasteiger partial charge is 0.454 e. The Morgan fingerprint density at radius 3 is 2.95 bits per heavy atom. The molecule has 1 aliphatic heterocycles. The predicted molar refractivity (Wildman–Crippen MR) is 73.1 cm³/mol. The summed E-state index contributed by atoms with van der Waals surface area (Å²) in [4.78, 5) is 12.5. The van der Waals surface area contributed by atoms with Gasteiger partial charge in [-0.15, -0.1) is 11.3 Å². The Morgan fingerprint density at radius 2 is 2.16 bits per heavy atom. The number of carbonyl (C=O) groups is 1. The summed E-state index contributed by atoms with van der Waals surface area (Å²) in [6.07, 6.45) is 0. The quantitative estimate of drug-likeness (QED) is 0.947. The molecule has 3 rings (SSSR count). The minimum Gasteiger partial charge on any atom is -0.454 e. The number of hydrogen-bond acceptors (Lipinski definition) is 4. The Labute approximate surface area is 118 Å². The van der Waals surface area contributed by atoms with Crippen LogP contribution >= 0.6 is 22.9 Å². The number of benzene rings is 1. The zero-order valence-electron chi connectivity index (χ0n) is 9.81. The van der Waals surface area contributed by atoms with Crippen LogP contribution in [0.15, 0.2) is 29.6 Å². The molecule has 0 bridgehead atoms. The molecule has 1 amide bonds. The smallest absolute Gasteiger partial charge is 0.261 e. The van der Waals surface area contributed by atoms with Crippen LogP contribution in [0.3, 0.4) is 0 Å². The van der Waals surface area contributed by atoms with Gasteiger partial charge in [-0.05, 0) is 23.8 Å². The summed E-state index contributed by atoms with van der Waals surface area (Å²) >= 11 is 7.11. The first-order valence-electron chi connectivity index (χ1n) is 5.63. The number of thiophene rings is 1. The monoisotopic (exact) mass is 295 g/mol. The maximum atomic E-state index is 11.8. The van der Waals surface area contributed by atoms with Crippen molar-refractivity contribution in [3.8, 4) is 11.5 Å². The number of ether oxygens (including phenoxy) is 2. The molecule has 0 radical (unpaired) electrons. The van der Waals surface area contributed by atoms with Crippen LogP contribution in [0, 0.1) is 0 Å². The molecule has 98 valence electrons. The molecule has 0 saturated heterocycles. The first kappa shape index (κ1) is 12.3. The fraction of sp³-hybridized carbons (Fsp3) is 0.154. The molecule has 1 aromatic heterocycles. The van der Waals surface area contributed by atoms with Crippen LogP contribution in [-0.2, 0) is 6.54 Å². The Kier molecular flexibility index (Phi) is 3.31. The zero-order valence-corrected chi connectivity index (χ0v) is 11.4. The summed E-state index contributed by atoms with van der Waals surface area (Å²) < 4.78 is 10.5. The van der Waals surface area contributed by atoms with Crippen molar-refractivity contribution in [2.45, 2.75) is 6.54 Å². The van der Waals surface area contributed by atoms with Crippen LogP contribution < -0.4 is 14.8 Å². The van der Waals surface area contributed by atoms with Gasteiger partial charge in [-0.1, -0.05) is 17.7 Å². The van der Waals surface area contributed by atoms with E-state index in [4.69, 9.17) is 21.1 Å². The Hall–Kier alpha value is -1.72. The van der Waals surface area contributed by atoms with Crippen molar-refractivity contribution >= 4 is 28.8 Å². The van der Waals surface area contributed by atoms with Gasteiger partial charge in [-0.3, -0.25) is 4.79 Å². The molecule has 4 nitrogen and oxygen atoms in total. The van der Waals surface area contributed by atoms with Gasteiger partial charge in [0, 0.05) is 11.9 Å². The Balaban J connectivity index is 1.64. The second kappa shape index (κ2) is 5.11. The van der Waals surface area contributed by atoms with Crippen molar-refractivity contribution in [1.82, 2.24) is 5.32 Å². The van der Waals surface area contributed by atoms with E-state index in [9.17, 15) is 4.79 Å². The van der Waals surface area contributed by atoms with Crippen molar-refractivity contribution in [3.05, 3.63) is 45.1 Å². The molecule has 0 saturated carbocycles. The summed E-state index contributed by atoms with van der Waals surface area (Å²) in [5.74, 6) is 1.32. The summed E-state index contributed by atoms with van der Waals surface area (Å²) in [6, 6.07) is 7.26. The molecule has 0 aliphatic carbocycles. The van der Waals surface area contributed by atoms with Gasteiger partial charge in [-0.2, -0.15) is 0 Å². The predicted octanol–water partition coefficient (Wildman–Crippen LogP) is 3.06. The van der Waals surface area contributed by atoms with Crippen molar-refractivity contribution < 1.29 is 14.3 Å². The number of fused-ring (bicyclic) bond motifs is 1. The normalized spacial score (nSPS) is 12.5. The van der Waals surface area contributed by atoms with Gasteiger partial charge in [-0.25, -0.2) is 0 Å². The number of halogens is 1. The van der Waals surface area contributed by atoms with E-state index in [0.717, 1.165) is 11.3 Å². The van der Waals surface area contributed by atoms with Gasteiger partial charge in [0.2, 0.25) is 6.79 Å². The molecule has 0 unspecified atom stereocenters. The second-order valence-electron chi connectivity index (χ2n) is 4.00. The summed E-state index contributed by atoms with van der Waals surface area (Å²) in [7, 11) is 0. The lowest BCUT2D eigenvalue weighted by Crippen LogP contribution is -2.21. The molecule has 19 heavy (non-hydrogen) atoms. The minimum absolute atomic E-state index is 0.130. The van der Waals surface area contributed by atoms with Gasteiger partial charge in [0.25, 0.3) is 5.91 Å². The van der Waals surface area contributed by atoms with E-state index in [2.05, 4.69) is 5.32 Å². The standard InChI is InChI=1S/C13H10ClNO3S/c14-9-4-12(19-6-9)13(16)15-5-8-1-2-10-11(3-8)18-7-17-10/h1-4,6H,5,7H2,(H,15,16). The van der Waals surface area contributed by atoms with Crippen molar-refractivity contribution in [1.29, 1.82) is 0 Å². The number of hydrogen-bond donors (Lipinski definition) is 1.